The second-order valence-electron chi connectivity index (χ2n) is 6.03. The van der Waals surface area contributed by atoms with Gasteiger partial charge in [-0.2, -0.15) is 0 Å². The van der Waals surface area contributed by atoms with Crippen molar-refractivity contribution < 1.29 is 14.3 Å². The molecule has 0 unspecified atom stereocenters. The lowest BCUT2D eigenvalue weighted by Crippen LogP contribution is -2.35. The fourth-order valence-corrected chi connectivity index (χ4v) is 2.42. The molecule has 0 aliphatic carbocycles. The van der Waals surface area contributed by atoms with Gasteiger partial charge in [-0.05, 0) is 49.2 Å². The summed E-state index contributed by atoms with van der Waals surface area (Å²) in [6.07, 6.45) is 2.30. The topological polar surface area (TPSA) is 67.4 Å². The Labute approximate surface area is 164 Å². The predicted molar refractivity (Wildman–Crippen MR) is 108 cm³/mol. The van der Waals surface area contributed by atoms with Crippen LogP contribution in [0.5, 0.6) is 0 Å². The van der Waals surface area contributed by atoms with Crippen molar-refractivity contribution in [2.45, 2.75) is 13.3 Å². The lowest BCUT2D eigenvalue weighted by molar-refractivity contribution is -0.117. The molecule has 27 heavy (non-hydrogen) atoms. The average Bonchev–Trinajstić information content (AvgIpc) is 2.66. The van der Waals surface area contributed by atoms with E-state index in [1.54, 1.807) is 49.6 Å². The highest BCUT2D eigenvalue weighted by Gasteiger charge is 2.14. The number of methoxy groups -OCH3 is 1. The normalized spacial score (nSPS) is 11.1. The SMILES string of the molecule is COCCCNC(=O)/C(=C/c1ccc(Cl)cc1)NC(=O)c1ccc(C)cc1. The second kappa shape index (κ2) is 10.5. The molecule has 0 saturated heterocycles. The lowest BCUT2D eigenvalue weighted by Gasteiger charge is -2.11. The van der Waals surface area contributed by atoms with Crippen LogP contribution in [0.4, 0.5) is 0 Å². The van der Waals surface area contributed by atoms with Crippen molar-refractivity contribution in [3.05, 3.63) is 75.9 Å². The van der Waals surface area contributed by atoms with E-state index in [9.17, 15) is 9.59 Å². The summed E-state index contributed by atoms with van der Waals surface area (Å²) >= 11 is 5.90. The summed E-state index contributed by atoms with van der Waals surface area (Å²) in [6, 6.07) is 14.1. The fraction of sp³-hybridized carbons (Fsp3) is 0.238. The first kappa shape index (κ1) is 20.7. The zero-order valence-electron chi connectivity index (χ0n) is 15.4. The number of rotatable bonds is 8. The summed E-state index contributed by atoms with van der Waals surface area (Å²) in [5.41, 5.74) is 2.46. The van der Waals surface area contributed by atoms with Crippen LogP contribution in [-0.2, 0) is 9.53 Å². The van der Waals surface area contributed by atoms with E-state index >= 15 is 0 Å². The minimum Gasteiger partial charge on any atom is -0.385 e. The van der Waals surface area contributed by atoms with Crippen LogP contribution in [0.25, 0.3) is 6.08 Å². The van der Waals surface area contributed by atoms with Crippen molar-refractivity contribution >= 4 is 29.5 Å². The second-order valence-corrected chi connectivity index (χ2v) is 6.47. The minimum absolute atomic E-state index is 0.167. The number of carbonyl (C=O) groups excluding carboxylic acids is 2. The van der Waals surface area contributed by atoms with Crippen molar-refractivity contribution in [3.63, 3.8) is 0 Å². The number of hydrogen-bond donors (Lipinski definition) is 2. The van der Waals surface area contributed by atoms with Gasteiger partial charge >= 0.3 is 0 Å². The molecule has 5 nitrogen and oxygen atoms in total. The maximum absolute atomic E-state index is 12.5. The molecule has 0 aliphatic heterocycles. The highest BCUT2D eigenvalue weighted by atomic mass is 35.5. The molecule has 2 aromatic carbocycles. The Balaban J connectivity index is 2.17. The molecule has 0 aromatic heterocycles. The van der Waals surface area contributed by atoms with Crippen LogP contribution in [0.15, 0.2) is 54.2 Å². The minimum atomic E-state index is -0.360. The average molecular weight is 387 g/mol. The predicted octanol–water partition coefficient (Wildman–Crippen LogP) is 3.57. The van der Waals surface area contributed by atoms with E-state index in [0.717, 1.165) is 11.1 Å². The van der Waals surface area contributed by atoms with Gasteiger partial charge in [-0.3, -0.25) is 9.59 Å². The van der Waals surface area contributed by atoms with Crippen LogP contribution in [-0.4, -0.2) is 32.1 Å². The number of nitrogens with one attached hydrogen (secondary N) is 2. The quantitative estimate of drug-likeness (QED) is 0.538. The standard InChI is InChI=1S/C21H23ClN2O3/c1-15-4-8-17(9-5-15)20(25)24-19(21(26)23-12-3-13-27-2)14-16-6-10-18(22)11-7-16/h4-11,14H,3,12-13H2,1-2H3,(H,23,26)(H,24,25)/b19-14-. The van der Waals surface area contributed by atoms with E-state index in [2.05, 4.69) is 10.6 Å². The van der Waals surface area contributed by atoms with Crippen molar-refractivity contribution in [1.29, 1.82) is 0 Å². The third-order valence-electron chi connectivity index (χ3n) is 3.80. The summed E-state index contributed by atoms with van der Waals surface area (Å²) in [7, 11) is 1.61. The van der Waals surface area contributed by atoms with Gasteiger partial charge in [0.15, 0.2) is 0 Å². The number of benzene rings is 2. The number of hydrogen-bond acceptors (Lipinski definition) is 3. The van der Waals surface area contributed by atoms with E-state index in [0.29, 0.717) is 30.2 Å². The molecule has 0 radical (unpaired) electrons. The molecule has 0 aliphatic rings. The molecule has 0 atom stereocenters. The Bertz CT molecular complexity index is 799. The molecular weight excluding hydrogens is 364 g/mol. The molecule has 0 fully saturated rings. The van der Waals surface area contributed by atoms with Crippen LogP contribution >= 0.6 is 11.6 Å². The molecule has 0 bridgehead atoms. The maximum Gasteiger partial charge on any atom is 0.267 e. The van der Waals surface area contributed by atoms with E-state index in [1.165, 1.54) is 0 Å². The van der Waals surface area contributed by atoms with Gasteiger partial charge in [0.1, 0.15) is 5.70 Å². The van der Waals surface area contributed by atoms with Crippen molar-refractivity contribution in [2.75, 3.05) is 20.3 Å². The Kier molecular flexibility index (Phi) is 8.04. The van der Waals surface area contributed by atoms with E-state index in [4.69, 9.17) is 16.3 Å². The molecule has 2 aromatic rings. The van der Waals surface area contributed by atoms with Gasteiger partial charge in [-0.1, -0.05) is 41.4 Å². The maximum atomic E-state index is 12.5. The first-order valence-corrected chi connectivity index (χ1v) is 9.00. The highest BCUT2D eigenvalue weighted by Crippen LogP contribution is 2.13. The number of aryl methyl sites for hydroxylation is 1. The van der Waals surface area contributed by atoms with Gasteiger partial charge in [0, 0.05) is 30.8 Å². The number of carbonyl (C=O) groups is 2. The van der Waals surface area contributed by atoms with Crippen LogP contribution in [0.1, 0.15) is 27.9 Å². The third-order valence-corrected chi connectivity index (χ3v) is 4.05. The molecule has 6 heteroatoms. The number of amides is 2. The van der Waals surface area contributed by atoms with Crippen LogP contribution in [0, 0.1) is 6.92 Å². The number of ether oxygens (including phenoxy) is 1. The molecule has 0 heterocycles. The van der Waals surface area contributed by atoms with Gasteiger partial charge in [0.25, 0.3) is 11.8 Å². The molecule has 0 saturated carbocycles. The molecule has 2 amide bonds. The van der Waals surface area contributed by atoms with Crippen LogP contribution in [0.2, 0.25) is 5.02 Å². The van der Waals surface area contributed by atoms with Gasteiger partial charge in [-0.15, -0.1) is 0 Å². The van der Waals surface area contributed by atoms with Gasteiger partial charge < -0.3 is 15.4 Å². The molecular formula is C21H23ClN2O3. The summed E-state index contributed by atoms with van der Waals surface area (Å²) in [6.45, 7) is 2.94. The first-order valence-electron chi connectivity index (χ1n) is 8.62. The fourth-order valence-electron chi connectivity index (χ4n) is 2.30. The monoisotopic (exact) mass is 386 g/mol. The summed E-state index contributed by atoms with van der Waals surface area (Å²) in [5.74, 6) is -0.705. The Morgan fingerprint density at radius 2 is 1.74 bits per heavy atom. The summed E-state index contributed by atoms with van der Waals surface area (Å²) in [4.78, 5) is 25.1. The van der Waals surface area contributed by atoms with Crippen molar-refractivity contribution in [3.8, 4) is 0 Å². The third kappa shape index (κ3) is 6.89. The Morgan fingerprint density at radius 1 is 1.07 bits per heavy atom. The van der Waals surface area contributed by atoms with Gasteiger partial charge in [0.05, 0.1) is 0 Å². The smallest absolute Gasteiger partial charge is 0.267 e. The molecule has 0 spiro atoms. The van der Waals surface area contributed by atoms with Crippen molar-refractivity contribution in [2.24, 2.45) is 0 Å². The molecule has 2 N–H and O–H groups in total. The van der Waals surface area contributed by atoms with Crippen LogP contribution < -0.4 is 10.6 Å². The highest BCUT2D eigenvalue weighted by molar-refractivity contribution is 6.30. The number of halogens is 1. The Hall–Kier alpha value is -2.63. The van der Waals surface area contributed by atoms with Gasteiger partial charge in [-0.25, -0.2) is 0 Å². The van der Waals surface area contributed by atoms with E-state index < -0.39 is 0 Å². The Morgan fingerprint density at radius 3 is 2.37 bits per heavy atom. The molecule has 142 valence electrons. The van der Waals surface area contributed by atoms with Gasteiger partial charge in [0.2, 0.25) is 0 Å². The zero-order chi connectivity index (χ0) is 19.6. The lowest BCUT2D eigenvalue weighted by atomic mass is 10.1. The van der Waals surface area contributed by atoms with E-state index in [1.807, 2.05) is 19.1 Å². The first-order chi connectivity index (χ1) is 13.0. The summed E-state index contributed by atoms with van der Waals surface area (Å²) < 4.78 is 4.97. The zero-order valence-corrected chi connectivity index (χ0v) is 16.2. The van der Waals surface area contributed by atoms with Crippen molar-refractivity contribution in [1.82, 2.24) is 10.6 Å². The van der Waals surface area contributed by atoms with E-state index in [-0.39, 0.29) is 17.5 Å². The largest absolute Gasteiger partial charge is 0.385 e. The molecule has 2 rings (SSSR count). The summed E-state index contributed by atoms with van der Waals surface area (Å²) in [5, 5.41) is 6.09. The van der Waals surface area contributed by atoms with Crippen LogP contribution in [0.3, 0.4) is 0 Å².